The van der Waals surface area contributed by atoms with Crippen LogP contribution in [0.1, 0.15) is 10.5 Å². The monoisotopic (exact) mass is 428 g/mol. The topological polar surface area (TPSA) is 78.3 Å². The third-order valence-corrected chi connectivity index (χ3v) is 4.31. The second-order valence-corrected chi connectivity index (χ2v) is 6.48. The van der Waals surface area contributed by atoms with Gasteiger partial charge < -0.3 is 19.4 Å². The first kappa shape index (κ1) is 20.2. The molecule has 2 aromatic carbocycles. The van der Waals surface area contributed by atoms with Crippen LogP contribution >= 0.6 is 0 Å². The number of ether oxygens (including phenoxy) is 2. The SMILES string of the molecule is Cn1c(Nc2ccc(OC(F)(F)F)cc2)nc2cc(Oc3ccnc(C=O)c3)ccc21. The number of nitrogens with zero attached hydrogens (tertiary/aromatic N) is 3. The number of benzene rings is 2. The molecule has 31 heavy (non-hydrogen) atoms. The van der Waals surface area contributed by atoms with Gasteiger partial charge in [-0.15, -0.1) is 13.2 Å². The summed E-state index contributed by atoms with van der Waals surface area (Å²) in [5, 5.41) is 3.06. The van der Waals surface area contributed by atoms with Crippen LogP contribution in [0.5, 0.6) is 17.2 Å². The predicted octanol–water partition coefficient (Wildman–Crippen LogP) is 5.22. The van der Waals surface area contributed by atoms with Gasteiger partial charge in [0.1, 0.15) is 22.9 Å². The number of rotatable bonds is 6. The maximum absolute atomic E-state index is 12.3. The van der Waals surface area contributed by atoms with E-state index in [9.17, 15) is 18.0 Å². The molecular weight excluding hydrogens is 413 g/mol. The summed E-state index contributed by atoms with van der Waals surface area (Å²) in [4.78, 5) is 19.3. The van der Waals surface area contributed by atoms with Gasteiger partial charge in [0.15, 0.2) is 6.29 Å². The molecule has 0 fully saturated rings. The van der Waals surface area contributed by atoms with Gasteiger partial charge in [-0.3, -0.25) is 9.78 Å². The van der Waals surface area contributed by atoms with Crippen molar-refractivity contribution in [1.82, 2.24) is 14.5 Å². The van der Waals surface area contributed by atoms with Crippen LogP contribution in [0, 0.1) is 0 Å². The summed E-state index contributed by atoms with van der Waals surface area (Å²) in [5.74, 6) is 1.17. The largest absolute Gasteiger partial charge is 0.573 e. The fourth-order valence-corrected chi connectivity index (χ4v) is 2.92. The van der Waals surface area contributed by atoms with E-state index in [1.807, 2.05) is 6.07 Å². The fraction of sp³-hybridized carbons (Fsp3) is 0.0952. The minimum Gasteiger partial charge on any atom is -0.457 e. The third kappa shape index (κ3) is 4.74. The van der Waals surface area contributed by atoms with Crippen LogP contribution in [0.3, 0.4) is 0 Å². The maximum Gasteiger partial charge on any atom is 0.573 e. The first-order valence-corrected chi connectivity index (χ1v) is 8.99. The number of fused-ring (bicyclic) bond motifs is 1. The normalized spacial score (nSPS) is 11.4. The molecule has 0 aliphatic rings. The number of hydrogen-bond acceptors (Lipinski definition) is 6. The molecule has 7 nitrogen and oxygen atoms in total. The van der Waals surface area contributed by atoms with E-state index in [1.54, 1.807) is 29.8 Å². The maximum atomic E-state index is 12.3. The average molecular weight is 428 g/mol. The van der Waals surface area contributed by atoms with Crippen LogP contribution < -0.4 is 14.8 Å². The molecule has 0 bridgehead atoms. The van der Waals surface area contributed by atoms with E-state index in [0.717, 1.165) is 5.52 Å². The number of anilines is 2. The summed E-state index contributed by atoms with van der Waals surface area (Å²) < 4.78 is 48.3. The molecule has 0 atom stereocenters. The molecule has 0 radical (unpaired) electrons. The van der Waals surface area contributed by atoms with Gasteiger partial charge in [0.05, 0.1) is 11.0 Å². The summed E-state index contributed by atoms with van der Waals surface area (Å²) in [6.45, 7) is 0. The lowest BCUT2D eigenvalue weighted by atomic mass is 10.3. The number of imidazole rings is 1. The highest BCUT2D eigenvalue weighted by atomic mass is 19.4. The lowest BCUT2D eigenvalue weighted by Gasteiger charge is -2.10. The Labute approximate surface area is 174 Å². The molecule has 4 rings (SSSR count). The van der Waals surface area contributed by atoms with Crippen molar-refractivity contribution in [3.05, 3.63) is 66.5 Å². The molecular formula is C21H15F3N4O3. The van der Waals surface area contributed by atoms with E-state index in [1.165, 1.54) is 36.5 Å². The van der Waals surface area contributed by atoms with Gasteiger partial charge >= 0.3 is 6.36 Å². The van der Waals surface area contributed by atoms with E-state index in [0.29, 0.717) is 34.9 Å². The molecule has 10 heteroatoms. The summed E-state index contributed by atoms with van der Waals surface area (Å²) in [7, 11) is 1.80. The van der Waals surface area contributed by atoms with E-state index < -0.39 is 6.36 Å². The molecule has 0 aliphatic heterocycles. The van der Waals surface area contributed by atoms with Gasteiger partial charge in [-0.1, -0.05) is 0 Å². The highest BCUT2D eigenvalue weighted by molar-refractivity contribution is 5.81. The Bertz CT molecular complexity index is 1240. The molecule has 0 saturated heterocycles. The Morgan fingerprint density at radius 2 is 1.71 bits per heavy atom. The van der Waals surface area contributed by atoms with Gasteiger partial charge in [0.25, 0.3) is 0 Å². The first-order chi connectivity index (χ1) is 14.8. The van der Waals surface area contributed by atoms with Crippen LogP contribution in [0.4, 0.5) is 24.8 Å². The second-order valence-electron chi connectivity index (χ2n) is 6.48. The van der Waals surface area contributed by atoms with Gasteiger partial charge in [-0.05, 0) is 42.5 Å². The number of carbonyl (C=O) groups is 1. The summed E-state index contributed by atoms with van der Waals surface area (Å²) in [5.41, 5.74) is 2.26. The first-order valence-electron chi connectivity index (χ1n) is 8.99. The molecule has 0 spiro atoms. The summed E-state index contributed by atoms with van der Waals surface area (Å²) in [6, 6.07) is 13.8. The lowest BCUT2D eigenvalue weighted by molar-refractivity contribution is -0.274. The number of pyridine rings is 1. The van der Waals surface area contributed by atoms with Crippen molar-refractivity contribution in [3.8, 4) is 17.2 Å². The zero-order chi connectivity index (χ0) is 22.0. The van der Waals surface area contributed by atoms with E-state index in [4.69, 9.17) is 4.74 Å². The van der Waals surface area contributed by atoms with Gasteiger partial charge in [-0.2, -0.15) is 0 Å². The third-order valence-electron chi connectivity index (χ3n) is 4.31. The van der Waals surface area contributed by atoms with Crippen molar-refractivity contribution in [1.29, 1.82) is 0 Å². The van der Waals surface area contributed by atoms with Gasteiger partial charge in [0, 0.05) is 31.1 Å². The van der Waals surface area contributed by atoms with E-state index >= 15 is 0 Å². The molecule has 0 unspecified atom stereocenters. The molecule has 2 heterocycles. The zero-order valence-electron chi connectivity index (χ0n) is 16.1. The molecule has 158 valence electrons. The minimum absolute atomic E-state index is 0.259. The number of hydrogen-bond donors (Lipinski definition) is 1. The standard InChI is InChI=1S/C21H15F3N4O3/c1-28-19-7-6-16(30-17-8-9-25-14(10-17)12-29)11-18(19)27-20(28)26-13-2-4-15(5-3-13)31-21(22,23)24/h2-12H,1H3,(H,26,27). The number of halogens is 3. The smallest absolute Gasteiger partial charge is 0.457 e. The molecule has 0 aliphatic carbocycles. The summed E-state index contributed by atoms with van der Waals surface area (Å²) >= 11 is 0. The number of aromatic nitrogens is 3. The van der Waals surface area contributed by atoms with Crippen molar-refractivity contribution >= 4 is 29.0 Å². The fourth-order valence-electron chi connectivity index (χ4n) is 2.92. The number of aryl methyl sites for hydroxylation is 1. The van der Waals surface area contributed by atoms with Crippen molar-refractivity contribution in [3.63, 3.8) is 0 Å². The Morgan fingerprint density at radius 3 is 2.42 bits per heavy atom. The lowest BCUT2D eigenvalue weighted by Crippen LogP contribution is -2.17. The Balaban J connectivity index is 1.54. The van der Waals surface area contributed by atoms with Crippen LogP contribution in [-0.4, -0.2) is 27.2 Å². The number of aldehydes is 1. The summed E-state index contributed by atoms with van der Waals surface area (Å²) in [6.07, 6.45) is -2.63. The van der Waals surface area contributed by atoms with Crippen LogP contribution in [0.15, 0.2) is 60.8 Å². The molecule has 4 aromatic rings. The molecule has 1 N–H and O–H groups in total. The number of alkyl halides is 3. The zero-order valence-corrected chi connectivity index (χ0v) is 16.1. The van der Waals surface area contributed by atoms with E-state index in [-0.39, 0.29) is 11.4 Å². The van der Waals surface area contributed by atoms with Crippen molar-refractivity contribution in [2.24, 2.45) is 7.05 Å². The van der Waals surface area contributed by atoms with Crippen molar-refractivity contribution < 1.29 is 27.4 Å². The highest BCUT2D eigenvalue weighted by Crippen LogP contribution is 2.29. The Morgan fingerprint density at radius 1 is 1.00 bits per heavy atom. The minimum atomic E-state index is -4.74. The van der Waals surface area contributed by atoms with E-state index in [2.05, 4.69) is 20.0 Å². The van der Waals surface area contributed by atoms with Crippen LogP contribution in [-0.2, 0) is 7.05 Å². The predicted molar refractivity (Wildman–Crippen MR) is 107 cm³/mol. The molecule has 2 aromatic heterocycles. The second kappa shape index (κ2) is 7.98. The van der Waals surface area contributed by atoms with Crippen LogP contribution in [0.25, 0.3) is 11.0 Å². The van der Waals surface area contributed by atoms with Crippen LogP contribution in [0.2, 0.25) is 0 Å². The Hall–Kier alpha value is -4.08. The molecule has 0 saturated carbocycles. The average Bonchev–Trinajstić information content (AvgIpc) is 3.03. The van der Waals surface area contributed by atoms with Gasteiger partial charge in [0.2, 0.25) is 5.95 Å². The number of carbonyl (C=O) groups excluding carboxylic acids is 1. The highest BCUT2D eigenvalue weighted by Gasteiger charge is 2.30. The quantitative estimate of drug-likeness (QED) is 0.425. The Kier molecular flexibility index (Phi) is 5.20. The van der Waals surface area contributed by atoms with Gasteiger partial charge in [-0.25, -0.2) is 4.98 Å². The molecule has 0 amide bonds. The number of nitrogens with one attached hydrogen (secondary N) is 1. The van der Waals surface area contributed by atoms with Crippen molar-refractivity contribution in [2.45, 2.75) is 6.36 Å². The van der Waals surface area contributed by atoms with Crippen molar-refractivity contribution in [2.75, 3.05) is 5.32 Å².